The average molecular weight is 272 g/mol. The lowest BCUT2D eigenvalue weighted by Gasteiger charge is -2.34. The Morgan fingerprint density at radius 1 is 1.59 bits per heavy atom. The molecule has 1 aliphatic heterocycles. The fourth-order valence-corrected chi connectivity index (χ4v) is 1.84. The van der Waals surface area contributed by atoms with Gasteiger partial charge in [-0.3, -0.25) is 4.79 Å². The summed E-state index contributed by atoms with van der Waals surface area (Å²) < 4.78 is 33.4. The van der Waals surface area contributed by atoms with E-state index in [0.29, 0.717) is 25.6 Å². The van der Waals surface area contributed by atoms with Crippen LogP contribution < -0.4 is 0 Å². The zero-order valence-corrected chi connectivity index (χ0v) is 10.2. The van der Waals surface area contributed by atoms with E-state index in [2.05, 4.69) is 4.74 Å². The molecule has 0 N–H and O–H groups in total. The summed E-state index contributed by atoms with van der Waals surface area (Å²) >= 11 is 5.72. The van der Waals surface area contributed by atoms with Crippen molar-refractivity contribution in [3.8, 4) is 0 Å². The van der Waals surface area contributed by atoms with Crippen molar-refractivity contribution in [3.63, 3.8) is 0 Å². The van der Waals surface area contributed by atoms with Crippen LogP contribution in [0, 0.1) is 0 Å². The molecule has 1 saturated heterocycles. The molecule has 0 radical (unpaired) electrons. The van der Waals surface area contributed by atoms with Crippen molar-refractivity contribution in [2.75, 3.05) is 38.9 Å². The fraction of sp³-hybridized carbons (Fsp3) is 0.900. The molecule has 0 aliphatic carbocycles. The van der Waals surface area contributed by atoms with Gasteiger partial charge in [0.05, 0.1) is 32.3 Å². The van der Waals surface area contributed by atoms with E-state index >= 15 is 0 Å². The Kier molecular flexibility index (Phi) is 6.69. The van der Waals surface area contributed by atoms with Crippen LogP contribution in [0.15, 0.2) is 0 Å². The van der Waals surface area contributed by atoms with Crippen LogP contribution in [0.4, 0.5) is 8.78 Å². The lowest BCUT2D eigenvalue weighted by atomic mass is 10.2. The van der Waals surface area contributed by atoms with Gasteiger partial charge < -0.3 is 14.4 Å². The number of carbonyl (C=O) groups is 1. The Hall–Kier alpha value is -0.460. The van der Waals surface area contributed by atoms with Crippen LogP contribution in [-0.2, 0) is 14.3 Å². The molecular weight excluding hydrogens is 256 g/mol. The van der Waals surface area contributed by atoms with E-state index in [9.17, 15) is 13.6 Å². The normalized spacial score (nSPS) is 20.9. The summed E-state index contributed by atoms with van der Waals surface area (Å²) in [5.74, 6) is 0.178. The minimum atomic E-state index is -2.50. The number of carbonyl (C=O) groups excluding carboxylic acids is 1. The van der Waals surface area contributed by atoms with Crippen molar-refractivity contribution in [1.29, 1.82) is 0 Å². The molecule has 7 heteroatoms. The van der Waals surface area contributed by atoms with Crippen molar-refractivity contribution < 1.29 is 23.0 Å². The van der Waals surface area contributed by atoms with Gasteiger partial charge in [-0.25, -0.2) is 8.78 Å². The minimum Gasteiger partial charge on any atom is -0.377 e. The zero-order valence-electron chi connectivity index (χ0n) is 9.41. The van der Waals surface area contributed by atoms with Gasteiger partial charge in [0.25, 0.3) is 6.43 Å². The van der Waals surface area contributed by atoms with E-state index in [4.69, 9.17) is 16.3 Å². The van der Waals surface area contributed by atoms with Gasteiger partial charge in [0, 0.05) is 12.4 Å². The molecule has 1 atom stereocenters. The molecule has 17 heavy (non-hydrogen) atoms. The predicted octanol–water partition coefficient (Wildman–Crippen LogP) is 1.12. The molecule has 1 unspecified atom stereocenters. The first-order valence-corrected chi connectivity index (χ1v) is 5.97. The summed E-state index contributed by atoms with van der Waals surface area (Å²) in [6, 6.07) is -0.131. The third-order valence-corrected chi connectivity index (χ3v) is 2.79. The maximum atomic E-state index is 11.8. The molecule has 100 valence electrons. The largest absolute Gasteiger partial charge is 0.377 e. The van der Waals surface area contributed by atoms with E-state index in [1.165, 1.54) is 0 Å². The Labute approximate surface area is 104 Å². The molecule has 0 aromatic heterocycles. The topological polar surface area (TPSA) is 38.8 Å². The lowest BCUT2D eigenvalue weighted by molar-refractivity contribution is -0.140. The van der Waals surface area contributed by atoms with Gasteiger partial charge in [-0.05, 0) is 0 Å². The number of morpholine rings is 1. The van der Waals surface area contributed by atoms with E-state index in [0.717, 1.165) is 0 Å². The third-order valence-electron chi connectivity index (χ3n) is 2.43. The van der Waals surface area contributed by atoms with E-state index in [1.807, 2.05) is 0 Å². The predicted molar refractivity (Wildman–Crippen MR) is 58.5 cm³/mol. The second-order valence-corrected chi connectivity index (χ2v) is 3.99. The van der Waals surface area contributed by atoms with E-state index in [-0.39, 0.29) is 25.0 Å². The maximum Gasteiger partial charge on any atom is 0.261 e. The summed E-state index contributed by atoms with van der Waals surface area (Å²) in [4.78, 5) is 13.4. The van der Waals surface area contributed by atoms with Crippen molar-refractivity contribution in [2.45, 2.75) is 18.9 Å². The Morgan fingerprint density at radius 2 is 2.35 bits per heavy atom. The highest BCUT2D eigenvalue weighted by molar-refractivity contribution is 6.18. The molecule has 0 bridgehead atoms. The van der Waals surface area contributed by atoms with E-state index in [1.54, 1.807) is 4.90 Å². The monoisotopic (exact) mass is 271 g/mol. The first kappa shape index (κ1) is 14.6. The summed E-state index contributed by atoms with van der Waals surface area (Å²) in [6.07, 6.45) is -2.40. The van der Waals surface area contributed by atoms with Gasteiger partial charge >= 0.3 is 0 Å². The highest BCUT2D eigenvalue weighted by Crippen LogP contribution is 2.10. The summed E-state index contributed by atoms with van der Waals surface area (Å²) in [5.41, 5.74) is 0. The first-order chi connectivity index (χ1) is 8.15. The molecule has 0 aromatic rings. The number of hydrogen-bond donors (Lipinski definition) is 0. The van der Waals surface area contributed by atoms with Crippen LogP contribution in [0.2, 0.25) is 0 Å². The highest BCUT2D eigenvalue weighted by atomic mass is 35.5. The summed E-state index contributed by atoms with van der Waals surface area (Å²) in [6.45, 7) is 0.778. The number of halogens is 3. The fourth-order valence-electron chi connectivity index (χ4n) is 1.59. The van der Waals surface area contributed by atoms with E-state index < -0.39 is 13.0 Å². The van der Waals surface area contributed by atoms with Gasteiger partial charge in [0.15, 0.2) is 0 Å². The van der Waals surface area contributed by atoms with Gasteiger partial charge in [0.1, 0.15) is 6.61 Å². The van der Waals surface area contributed by atoms with Gasteiger partial charge in [0.2, 0.25) is 5.91 Å². The third kappa shape index (κ3) is 5.14. The Morgan fingerprint density at radius 3 is 3.00 bits per heavy atom. The maximum absolute atomic E-state index is 11.8. The summed E-state index contributed by atoms with van der Waals surface area (Å²) in [5, 5.41) is 0. The quantitative estimate of drug-likeness (QED) is 0.537. The number of hydrogen-bond acceptors (Lipinski definition) is 3. The standard InChI is InChI=1S/C10H16ClF2NO3/c11-5-8-6-17-4-2-14(8)10(15)1-3-16-7-9(12)13/h8-9H,1-7H2. The minimum absolute atomic E-state index is 0.00946. The molecule has 1 fully saturated rings. The van der Waals surface area contributed by atoms with Gasteiger partial charge in [-0.1, -0.05) is 0 Å². The number of amides is 1. The van der Waals surface area contributed by atoms with Crippen molar-refractivity contribution in [3.05, 3.63) is 0 Å². The molecule has 1 rings (SSSR count). The molecule has 4 nitrogen and oxygen atoms in total. The van der Waals surface area contributed by atoms with Crippen LogP contribution in [0.1, 0.15) is 6.42 Å². The molecule has 1 heterocycles. The Bertz CT molecular complexity index is 244. The average Bonchev–Trinajstić information content (AvgIpc) is 2.34. The highest BCUT2D eigenvalue weighted by Gasteiger charge is 2.26. The number of nitrogens with zero attached hydrogens (tertiary/aromatic N) is 1. The van der Waals surface area contributed by atoms with Gasteiger partial charge in [-0.15, -0.1) is 11.6 Å². The molecule has 0 saturated carbocycles. The van der Waals surface area contributed by atoms with Crippen molar-refractivity contribution in [2.24, 2.45) is 0 Å². The molecule has 0 aromatic carbocycles. The number of ether oxygens (including phenoxy) is 2. The number of alkyl halides is 3. The Balaban J connectivity index is 2.25. The number of rotatable bonds is 6. The van der Waals surface area contributed by atoms with Crippen LogP contribution in [0.3, 0.4) is 0 Å². The van der Waals surface area contributed by atoms with Crippen LogP contribution in [0.5, 0.6) is 0 Å². The van der Waals surface area contributed by atoms with Crippen LogP contribution >= 0.6 is 11.6 Å². The van der Waals surface area contributed by atoms with Gasteiger partial charge in [-0.2, -0.15) is 0 Å². The smallest absolute Gasteiger partial charge is 0.261 e. The van der Waals surface area contributed by atoms with Crippen molar-refractivity contribution in [1.82, 2.24) is 4.90 Å². The molecule has 1 amide bonds. The summed E-state index contributed by atoms with van der Waals surface area (Å²) in [7, 11) is 0. The second kappa shape index (κ2) is 7.79. The first-order valence-electron chi connectivity index (χ1n) is 5.44. The molecule has 1 aliphatic rings. The SMILES string of the molecule is O=C(CCOCC(F)F)N1CCOCC1CCl. The van der Waals surface area contributed by atoms with Crippen molar-refractivity contribution >= 4 is 17.5 Å². The molecular formula is C10H16ClF2NO3. The van der Waals surface area contributed by atoms with Crippen LogP contribution in [0.25, 0.3) is 0 Å². The zero-order chi connectivity index (χ0) is 12.7. The lowest BCUT2D eigenvalue weighted by Crippen LogP contribution is -2.49. The molecule has 0 spiro atoms. The van der Waals surface area contributed by atoms with Crippen LogP contribution in [-0.4, -0.2) is 62.1 Å². The second-order valence-electron chi connectivity index (χ2n) is 3.69.